The molecule has 4 nitrogen and oxygen atoms in total. The summed E-state index contributed by atoms with van der Waals surface area (Å²) in [6.45, 7) is 3.01. The van der Waals surface area contributed by atoms with Crippen molar-refractivity contribution in [3.05, 3.63) is 29.8 Å². The topological polar surface area (TPSA) is 55.6 Å². The van der Waals surface area contributed by atoms with E-state index in [0.717, 1.165) is 32.2 Å². The number of para-hydroxylation sites is 1. The molecule has 1 aromatic carbocycles. The number of aryl methyl sites for hydroxylation is 1. The lowest BCUT2D eigenvalue weighted by Crippen LogP contribution is -2.52. The van der Waals surface area contributed by atoms with Crippen LogP contribution < -0.4 is 10.6 Å². The van der Waals surface area contributed by atoms with Crippen molar-refractivity contribution in [3.8, 4) is 0 Å². The molecule has 1 fully saturated rings. The number of ether oxygens (including phenoxy) is 1. The fourth-order valence-electron chi connectivity index (χ4n) is 3.42. The third-order valence-corrected chi connectivity index (χ3v) is 4.78. The quantitative estimate of drug-likeness (QED) is 0.847. The van der Waals surface area contributed by atoms with E-state index in [9.17, 15) is 4.79 Å². The van der Waals surface area contributed by atoms with Gasteiger partial charge in [0.15, 0.2) is 0 Å². The maximum Gasteiger partial charge on any atom is 0.326 e. The van der Waals surface area contributed by atoms with E-state index in [4.69, 9.17) is 10.5 Å². The maximum atomic E-state index is 12.0. The van der Waals surface area contributed by atoms with Gasteiger partial charge in [-0.1, -0.05) is 24.6 Å². The van der Waals surface area contributed by atoms with E-state index in [-0.39, 0.29) is 11.9 Å². The molecule has 0 aromatic heterocycles. The summed E-state index contributed by atoms with van der Waals surface area (Å²) in [5, 5.41) is 0. The zero-order valence-electron chi connectivity index (χ0n) is 13.3. The van der Waals surface area contributed by atoms with Crippen LogP contribution in [0.15, 0.2) is 24.3 Å². The standard InChI is InChI=1S/C17H26N2O2/c1-13-7-4-5-9-15(13)19(2)12-10-14-8-6-11-17(14,18)16(20)21-3/h4-5,7,9,14H,6,8,10-12,18H2,1-3H3. The summed E-state index contributed by atoms with van der Waals surface area (Å²) in [6, 6.07) is 8.34. The van der Waals surface area contributed by atoms with Crippen LogP contribution in [-0.4, -0.2) is 32.2 Å². The number of methoxy groups -OCH3 is 1. The Morgan fingerprint density at radius 1 is 1.48 bits per heavy atom. The maximum absolute atomic E-state index is 12.0. The molecule has 116 valence electrons. The Kier molecular flexibility index (Phi) is 4.88. The van der Waals surface area contributed by atoms with Crippen molar-refractivity contribution in [2.75, 3.05) is 25.6 Å². The number of anilines is 1. The average Bonchev–Trinajstić information content (AvgIpc) is 2.86. The van der Waals surface area contributed by atoms with Gasteiger partial charge < -0.3 is 15.4 Å². The Morgan fingerprint density at radius 3 is 2.86 bits per heavy atom. The number of esters is 1. The summed E-state index contributed by atoms with van der Waals surface area (Å²) in [5.74, 6) is -0.0556. The van der Waals surface area contributed by atoms with Gasteiger partial charge in [-0.15, -0.1) is 0 Å². The highest BCUT2D eigenvalue weighted by Gasteiger charge is 2.46. The zero-order valence-corrected chi connectivity index (χ0v) is 13.3. The lowest BCUT2D eigenvalue weighted by molar-refractivity contribution is -0.148. The van der Waals surface area contributed by atoms with Crippen molar-refractivity contribution in [2.45, 2.75) is 38.1 Å². The minimum Gasteiger partial charge on any atom is -0.468 e. The molecule has 1 aromatic rings. The first-order valence-electron chi connectivity index (χ1n) is 7.63. The van der Waals surface area contributed by atoms with E-state index in [1.165, 1.54) is 18.4 Å². The number of benzene rings is 1. The first kappa shape index (κ1) is 15.8. The van der Waals surface area contributed by atoms with E-state index >= 15 is 0 Å². The molecule has 2 N–H and O–H groups in total. The monoisotopic (exact) mass is 290 g/mol. The Labute approximate surface area is 127 Å². The molecule has 0 amide bonds. The van der Waals surface area contributed by atoms with Crippen LogP contribution >= 0.6 is 0 Å². The summed E-state index contributed by atoms with van der Waals surface area (Å²) < 4.78 is 4.90. The Balaban J connectivity index is 1.99. The first-order chi connectivity index (χ1) is 9.99. The molecule has 2 unspecified atom stereocenters. The highest BCUT2D eigenvalue weighted by atomic mass is 16.5. The van der Waals surface area contributed by atoms with Gasteiger partial charge in [0.25, 0.3) is 0 Å². The molecule has 1 saturated carbocycles. The van der Waals surface area contributed by atoms with Crippen LogP contribution in [0.4, 0.5) is 5.69 Å². The molecule has 1 aliphatic carbocycles. The summed E-state index contributed by atoms with van der Waals surface area (Å²) in [4.78, 5) is 14.2. The molecular formula is C17H26N2O2. The minimum absolute atomic E-state index is 0.205. The molecule has 21 heavy (non-hydrogen) atoms. The van der Waals surface area contributed by atoms with Crippen LogP contribution in [0.1, 0.15) is 31.2 Å². The second-order valence-electron chi connectivity index (χ2n) is 6.12. The predicted molar refractivity (Wildman–Crippen MR) is 85.3 cm³/mol. The molecule has 4 heteroatoms. The zero-order chi connectivity index (χ0) is 15.5. The van der Waals surface area contributed by atoms with Crippen LogP contribution in [0, 0.1) is 12.8 Å². The molecule has 0 aliphatic heterocycles. The average molecular weight is 290 g/mol. The second kappa shape index (κ2) is 6.48. The predicted octanol–water partition coefficient (Wildman–Crippen LogP) is 2.49. The summed E-state index contributed by atoms with van der Waals surface area (Å²) in [6.07, 6.45) is 3.66. The fourth-order valence-corrected chi connectivity index (χ4v) is 3.42. The Hall–Kier alpha value is -1.55. The van der Waals surface area contributed by atoms with Crippen LogP contribution in [0.25, 0.3) is 0 Å². The normalized spacial score (nSPS) is 24.9. The van der Waals surface area contributed by atoms with E-state index in [2.05, 4.69) is 37.1 Å². The fraction of sp³-hybridized carbons (Fsp3) is 0.588. The number of nitrogens with zero attached hydrogens (tertiary/aromatic N) is 1. The van der Waals surface area contributed by atoms with Gasteiger partial charge in [0.05, 0.1) is 7.11 Å². The Bertz CT molecular complexity index is 503. The van der Waals surface area contributed by atoms with E-state index in [1.807, 2.05) is 6.07 Å². The lowest BCUT2D eigenvalue weighted by atomic mass is 9.85. The molecule has 0 saturated heterocycles. The van der Waals surface area contributed by atoms with Crippen molar-refractivity contribution in [1.82, 2.24) is 0 Å². The van der Waals surface area contributed by atoms with Crippen LogP contribution in [0.5, 0.6) is 0 Å². The number of hydrogen-bond donors (Lipinski definition) is 1. The molecule has 0 bridgehead atoms. The highest BCUT2D eigenvalue weighted by molar-refractivity contribution is 5.81. The van der Waals surface area contributed by atoms with Gasteiger partial charge in [-0.25, -0.2) is 0 Å². The SMILES string of the molecule is COC(=O)C1(N)CCCC1CCN(C)c1ccccc1C. The van der Waals surface area contributed by atoms with Crippen LogP contribution in [-0.2, 0) is 9.53 Å². The van der Waals surface area contributed by atoms with E-state index in [1.54, 1.807) is 0 Å². The van der Waals surface area contributed by atoms with Gasteiger partial charge in [0.1, 0.15) is 5.54 Å². The van der Waals surface area contributed by atoms with Crippen molar-refractivity contribution in [1.29, 1.82) is 0 Å². The first-order valence-corrected chi connectivity index (χ1v) is 7.63. The molecule has 0 heterocycles. The minimum atomic E-state index is -0.790. The number of hydrogen-bond acceptors (Lipinski definition) is 4. The van der Waals surface area contributed by atoms with E-state index < -0.39 is 5.54 Å². The van der Waals surface area contributed by atoms with Gasteiger partial charge in [-0.3, -0.25) is 4.79 Å². The number of carbonyl (C=O) groups is 1. The lowest BCUT2D eigenvalue weighted by Gasteiger charge is -2.30. The molecule has 0 radical (unpaired) electrons. The number of nitrogens with two attached hydrogens (primary N) is 1. The third kappa shape index (κ3) is 3.21. The van der Waals surface area contributed by atoms with Crippen molar-refractivity contribution >= 4 is 11.7 Å². The van der Waals surface area contributed by atoms with Crippen LogP contribution in [0.3, 0.4) is 0 Å². The largest absolute Gasteiger partial charge is 0.468 e. The summed E-state index contributed by atoms with van der Waals surface area (Å²) in [7, 11) is 3.51. The number of carbonyl (C=O) groups excluding carboxylic acids is 1. The third-order valence-electron chi connectivity index (χ3n) is 4.78. The molecule has 2 rings (SSSR count). The Morgan fingerprint density at radius 2 is 2.19 bits per heavy atom. The summed E-state index contributed by atoms with van der Waals surface area (Å²) >= 11 is 0. The molecule has 2 atom stereocenters. The van der Waals surface area contributed by atoms with Crippen molar-refractivity contribution < 1.29 is 9.53 Å². The second-order valence-corrected chi connectivity index (χ2v) is 6.12. The van der Waals surface area contributed by atoms with Gasteiger partial charge in [-0.05, 0) is 43.7 Å². The van der Waals surface area contributed by atoms with Gasteiger partial charge >= 0.3 is 5.97 Å². The van der Waals surface area contributed by atoms with Gasteiger partial charge in [-0.2, -0.15) is 0 Å². The van der Waals surface area contributed by atoms with Crippen LogP contribution in [0.2, 0.25) is 0 Å². The van der Waals surface area contributed by atoms with Crippen molar-refractivity contribution in [3.63, 3.8) is 0 Å². The smallest absolute Gasteiger partial charge is 0.326 e. The number of rotatable bonds is 5. The molecule has 0 spiro atoms. The van der Waals surface area contributed by atoms with Crippen molar-refractivity contribution in [2.24, 2.45) is 11.7 Å². The highest BCUT2D eigenvalue weighted by Crippen LogP contribution is 2.37. The summed E-state index contributed by atoms with van der Waals surface area (Å²) in [5.41, 5.74) is 8.02. The van der Waals surface area contributed by atoms with Gasteiger partial charge in [0.2, 0.25) is 0 Å². The molecular weight excluding hydrogens is 264 g/mol. The molecule has 1 aliphatic rings. The van der Waals surface area contributed by atoms with Gasteiger partial charge in [0, 0.05) is 19.3 Å². The van der Waals surface area contributed by atoms with E-state index in [0.29, 0.717) is 0 Å².